The molecule has 0 aliphatic carbocycles. The fourth-order valence-electron chi connectivity index (χ4n) is 2.49. The van der Waals surface area contributed by atoms with Crippen molar-refractivity contribution in [1.29, 1.82) is 0 Å². The second-order valence-corrected chi connectivity index (χ2v) is 6.14. The van der Waals surface area contributed by atoms with Gasteiger partial charge in [0.05, 0.1) is 0 Å². The number of rotatable bonds is 5. The van der Waals surface area contributed by atoms with Crippen LogP contribution in [0.1, 0.15) is 30.6 Å². The van der Waals surface area contributed by atoms with Crippen molar-refractivity contribution in [2.45, 2.75) is 25.8 Å². The van der Waals surface area contributed by atoms with Crippen LogP contribution < -0.4 is 15.5 Å². The van der Waals surface area contributed by atoms with Crippen LogP contribution >= 0.6 is 0 Å². The van der Waals surface area contributed by atoms with Crippen LogP contribution in [0, 0.1) is 0 Å². The molecule has 1 aliphatic heterocycles. The number of amides is 4. The summed E-state index contributed by atoms with van der Waals surface area (Å²) in [5.41, 5.74) is 1.65. The highest BCUT2D eigenvalue weighted by atomic mass is 16.5. The molecule has 2 aromatic carbocycles. The fourth-order valence-corrected chi connectivity index (χ4v) is 2.49. The highest BCUT2D eigenvalue weighted by Crippen LogP contribution is 2.22. The van der Waals surface area contributed by atoms with Gasteiger partial charge in [-0.1, -0.05) is 25.1 Å². The van der Waals surface area contributed by atoms with Crippen molar-refractivity contribution >= 4 is 17.8 Å². The van der Waals surface area contributed by atoms with E-state index in [1.165, 1.54) is 0 Å². The third-order valence-electron chi connectivity index (χ3n) is 4.28. The molecule has 1 unspecified atom stereocenters. The summed E-state index contributed by atoms with van der Waals surface area (Å²) in [6, 6.07) is 15.0. The molecular weight excluding hydrogens is 334 g/mol. The van der Waals surface area contributed by atoms with E-state index in [1.54, 1.807) is 38.1 Å². The first-order chi connectivity index (χ1) is 12.4. The summed E-state index contributed by atoms with van der Waals surface area (Å²) in [5.74, 6) is 0.215. The Balaban J connectivity index is 1.67. The third-order valence-corrected chi connectivity index (χ3v) is 4.28. The van der Waals surface area contributed by atoms with Gasteiger partial charge in [-0.25, -0.2) is 4.79 Å². The number of carbonyl (C=O) groups is 3. The molecule has 2 N–H and O–H groups in total. The first kappa shape index (κ1) is 17.5. The number of imide groups is 1. The third kappa shape index (κ3) is 3.37. The van der Waals surface area contributed by atoms with E-state index in [4.69, 9.17) is 4.74 Å². The SMILES string of the molecule is CCC1(C)NC(=O)N(NC(=O)c2ccc(Oc3ccccc3)cc2)C1=O. The quantitative estimate of drug-likeness (QED) is 0.809. The van der Waals surface area contributed by atoms with Crippen molar-refractivity contribution in [2.75, 3.05) is 0 Å². The monoisotopic (exact) mass is 353 g/mol. The van der Waals surface area contributed by atoms with Gasteiger partial charge in [-0.15, -0.1) is 0 Å². The van der Waals surface area contributed by atoms with Crippen molar-refractivity contribution in [3.63, 3.8) is 0 Å². The van der Waals surface area contributed by atoms with Crippen molar-refractivity contribution < 1.29 is 19.1 Å². The standard InChI is InChI=1S/C19H19N3O4/c1-3-19(2)17(24)22(18(25)20-19)21-16(23)13-9-11-15(12-10-13)26-14-7-5-4-6-8-14/h4-12H,3H2,1-2H3,(H,20,25)(H,21,23). The number of nitrogens with zero attached hydrogens (tertiary/aromatic N) is 1. The van der Waals surface area contributed by atoms with Crippen molar-refractivity contribution in [2.24, 2.45) is 0 Å². The van der Waals surface area contributed by atoms with Gasteiger partial charge >= 0.3 is 6.03 Å². The van der Waals surface area contributed by atoms with Crippen molar-refractivity contribution in [1.82, 2.24) is 15.8 Å². The van der Waals surface area contributed by atoms with E-state index in [2.05, 4.69) is 10.7 Å². The zero-order valence-corrected chi connectivity index (χ0v) is 14.5. The Bertz CT molecular complexity index is 836. The molecule has 3 rings (SSSR count). The van der Waals surface area contributed by atoms with E-state index >= 15 is 0 Å². The van der Waals surface area contributed by atoms with Gasteiger partial charge in [0.2, 0.25) is 0 Å². The Labute approximate surface area is 150 Å². The van der Waals surface area contributed by atoms with Gasteiger partial charge < -0.3 is 10.1 Å². The molecule has 0 spiro atoms. The number of hydrogen-bond acceptors (Lipinski definition) is 4. The van der Waals surface area contributed by atoms with Crippen LogP contribution in [-0.4, -0.2) is 28.4 Å². The number of para-hydroxylation sites is 1. The number of urea groups is 1. The number of hydrazine groups is 1. The molecule has 1 atom stereocenters. The molecule has 0 aromatic heterocycles. The van der Waals surface area contributed by atoms with E-state index in [1.807, 2.05) is 30.3 Å². The molecule has 0 radical (unpaired) electrons. The zero-order chi connectivity index (χ0) is 18.7. The van der Waals surface area contributed by atoms with Crippen LogP contribution in [0.15, 0.2) is 54.6 Å². The predicted octanol–water partition coefficient (Wildman–Crippen LogP) is 2.84. The van der Waals surface area contributed by atoms with Crippen LogP contribution in [0.3, 0.4) is 0 Å². The van der Waals surface area contributed by atoms with E-state index in [9.17, 15) is 14.4 Å². The van der Waals surface area contributed by atoms with Crippen LogP contribution in [0.5, 0.6) is 11.5 Å². The molecule has 2 aromatic rings. The Morgan fingerprint density at radius 1 is 1.08 bits per heavy atom. The molecule has 7 heteroatoms. The topological polar surface area (TPSA) is 87.7 Å². The summed E-state index contributed by atoms with van der Waals surface area (Å²) < 4.78 is 5.66. The Hall–Kier alpha value is -3.35. The van der Waals surface area contributed by atoms with Crippen molar-refractivity contribution in [3.8, 4) is 11.5 Å². The fraction of sp³-hybridized carbons (Fsp3) is 0.211. The van der Waals surface area contributed by atoms with E-state index in [0.29, 0.717) is 23.5 Å². The van der Waals surface area contributed by atoms with Crippen molar-refractivity contribution in [3.05, 3.63) is 60.2 Å². The maximum Gasteiger partial charge on any atom is 0.344 e. The average molecular weight is 353 g/mol. The van der Waals surface area contributed by atoms with Crippen LogP contribution in [0.2, 0.25) is 0 Å². The largest absolute Gasteiger partial charge is 0.457 e. The Morgan fingerprint density at radius 3 is 2.27 bits per heavy atom. The summed E-state index contributed by atoms with van der Waals surface area (Å²) in [4.78, 5) is 36.6. The van der Waals surface area contributed by atoms with E-state index in [0.717, 1.165) is 5.01 Å². The maximum absolute atomic E-state index is 12.3. The van der Waals surface area contributed by atoms with Gasteiger partial charge in [0.15, 0.2) is 0 Å². The molecule has 1 aliphatic rings. The van der Waals surface area contributed by atoms with Gasteiger partial charge in [-0.3, -0.25) is 15.0 Å². The first-order valence-corrected chi connectivity index (χ1v) is 8.23. The lowest BCUT2D eigenvalue weighted by atomic mass is 10.00. The molecule has 134 valence electrons. The summed E-state index contributed by atoms with van der Waals surface area (Å²) in [5, 5.41) is 3.30. The molecule has 0 saturated carbocycles. The number of benzene rings is 2. The van der Waals surface area contributed by atoms with Crippen LogP contribution in [-0.2, 0) is 4.79 Å². The van der Waals surface area contributed by atoms with Gasteiger partial charge in [0.25, 0.3) is 11.8 Å². The molecule has 1 saturated heterocycles. The normalized spacial score (nSPS) is 19.2. The second-order valence-electron chi connectivity index (χ2n) is 6.14. The number of hydrogen-bond donors (Lipinski definition) is 2. The average Bonchev–Trinajstić information content (AvgIpc) is 2.87. The molecular formula is C19H19N3O4. The Morgan fingerprint density at radius 2 is 1.69 bits per heavy atom. The van der Waals surface area contributed by atoms with Gasteiger partial charge in [0.1, 0.15) is 17.0 Å². The van der Waals surface area contributed by atoms with Crippen LogP contribution in [0.25, 0.3) is 0 Å². The summed E-state index contributed by atoms with van der Waals surface area (Å²) in [7, 11) is 0. The molecule has 1 fully saturated rings. The maximum atomic E-state index is 12.3. The molecule has 0 bridgehead atoms. The lowest BCUT2D eigenvalue weighted by molar-refractivity contribution is -0.132. The van der Waals surface area contributed by atoms with Gasteiger partial charge in [0, 0.05) is 5.56 Å². The molecule has 1 heterocycles. The lowest BCUT2D eigenvalue weighted by Gasteiger charge is -2.19. The minimum atomic E-state index is -1.00. The van der Waals surface area contributed by atoms with E-state index < -0.39 is 23.4 Å². The summed E-state index contributed by atoms with van der Waals surface area (Å²) in [6.45, 7) is 3.41. The number of nitrogens with one attached hydrogen (secondary N) is 2. The highest BCUT2D eigenvalue weighted by molar-refractivity contribution is 6.09. The molecule has 7 nitrogen and oxygen atoms in total. The summed E-state index contributed by atoms with van der Waals surface area (Å²) >= 11 is 0. The molecule has 4 amide bonds. The zero-order valence-electron chi connectivity index (χ0n) is 14.5. The number of ether oxygens (including phenoxy) is 1. The smallest absolute Gasteiger partial charge is 0.344 e. The number of carbonyl (C=O) groups excluding carboxylic acids is 3. The predicted molar refractivity (Wildman–Crippen MR) is 94.5 cm³/mol. The minimum absolute atomic E-state index is 0.302. The first-order valence-electron chi connectivity index (χ1n) is 8.23. The lowest BCUT2D eigenvalue weighted by Crippen LogP contribution is -2.48. The second kappa shape index (κ2) is 6.87. The highest BCUT2D eigenvalue weighted by Gasteiger charge is 2.47. The van der Waals surface area contributed by atoms with Gasteiger partial charge in [-0.05, 0) is 49.7 Å². The van der Waals surface area contributed by atoms with Gasteiger partial charge in [-0.2, -0.15) is 5.01 Å². The Kier molecular flexibility index (Phi) is 4.62. The minimum Gasteiger partial charge on any atom is -0.457 e. The summed E-state index contributed by atoms with van der Waals surface area (Å²) in [6.07, 6.45) is 0.426. The molecule has 26 heavy (non-hydrogen) atoms. The van der Waals surface area contributed by atoms with E-state index in [-0.39, 0.29) is 0 Å². The van der Waals surface area contributed by atoms with Crippen LogP contribution in [0.4, 0.5) is 4.79 Å².